The van der Waals surface area contributed by atoms with Gasteiger partial charge >= 0.3 is 5.97 Å². The number of carboxylic acid groups (broad SMARTS) is 1. The molecule has 1 aliphatic rings. The molecule has 1 aliphatic heterocycles. The Morgan fingerprint density at radius 1 is 1.32 bits per heavy atom. The van der Waals surface area contributed by atoms with Crippen molar-refractivity contribution >= 4 is 35.0 Å². The Balaban J connectivity index is 2.22. The summed E-state index contributed by atoms with van der Waals surface area (Å²) in [5.74, 6) is -1.38. The van der Waals surface area contributed by atoms with Gasteiger partial charge in [-0.05, 0) is 30.5 Å². The summed E-state index contributed by atoms with van der Waals surface area (Å²) in [5.41, 5.74) is 17.1. The quantitative estimate of drug-likeness (QED) is 0.450. The number of rotatable bonds is 6. The normalized spacial score (nSPS) is 17.3. The van der Waals surface area contributed by atoms with Gasteiger partial charge in [-0.3, -0.25) is 19.4 Å². The van der Waals surface area contributed by atoms with Crippen LogP contribution in [0, 0.1) is 5.92 Å². The van der Waals surface area contributed by atoms with E-state index < -0.39 is 11.9 Å². The topological polar surface area (TPSA) is 163 Å². The molecule has 170 valence electrons. The molecule has 2 amide bonds. The number of carbonyl (C=O) groups is 3. The zero-order valence-corrected chi connectivity index (χ0v) is 18.1. The molecule has 1 unspecified atom stereocenters. The van der Waals surface area contributed by atoms with Crippen molar-refractivity contribution in [3.8, 4) is 0 Å². The predicted octanol–water partition coefficient (Wildman–Crippen LogP) is 1.13. The number of amides is 2. The van der Waals surface area contributed by atoms with Crippen LogP contribution >= 0.6 is 0 Å². The molecule has 0 saturated carbocycles. The van der Waals surface area contributed by atoms with Crippen LogP contribution in [0.2, 0.25) is 0 Å². The highest BCUT2D eigenvalue weighted by Crippen LogP contribution is 2.28. The molecule has 0 aliphatic carbocycles. The van der Waals surface area contributed by atoms with Crippen molar-refractivity contribution in [3.63, 3.8) is 0 Å². The van der Waals surface area contributed by atoms with E-state index in [9.17, 15) is 14.4 Å². The number of hydrogen-bond donors (Lipinski definition) is 5. The minimum atomic E-state index is -0.877. The van der Waals surface area contributed by atoms with E-state index in [2.05, 4.69) is 15.7 Å². The molecule has 1 heterocycles. The van der Waals surface area contributed by atoms with Crippen molar-refractivity contribution in [3.05, 3.63) is 23.8 Å². The fraction of sp³-hybridized carbons (Fsp3) is 0.524. The zero-order valence-electron chi connectivity index (χ0n) is 18.1. The van der Waals surface area contributed by atoms with Gasteiger partial charge in [0.2, 0.25) is 11.8 Å². The Morgan fingerprint density at radius 3 is 2.74 bits per heavy atom. The van der Waals surface area contributed by atoms with Gasteiger partial charge in [0.05, 0.1) is 17.3 Å². The average Bonchev–Trinajstić information content (AvgIpc) is 2.70. The lowest BCUT2D eigenvalue weighted by Crippen LogP contribution is -2.45. The number of hydrogen-bond acceptors (Lipinski definition) is 7. The first kappa shape index (κ1) is 24.3. The van der Waals surface area contributed by atoms with Crippen molar-refractivity contribution in [2.24, 2.45) is 22.4 Å². The molecule has 0 spiro atoms. The number of nitrogens with two attached hydrogens (primary N) is 2. The van der Waals surface area contributed by atoms with E-state index in [1.54, 1.807) is 26.0 Å². The molecular formula is C21H32N6O4. The maximum atomic E-state index is 12.4. The largest absolute Gasteiger partial charge is 0.481 e. The number of carbonyl (C=O) groups excluding carboxylic acids is 2. The fourth-order valence-electron chi connectivity index (χ4n) is 3.29. The van der Waals surface area contributed by atoms with Crippen molar-refractivity contribution in [1.82, 2.24) is 10.4 Å². The first-order valence-electron chi connectivity index (χ1n) is 10.5. The van der Waals surface area contributed by atoms with Crippen LogP contribution in [0.25, 0.3) is 0 Å². The predicted molar refractivity (Wildman–Crippen MR) is 119 cm³/mol. The molecule has 10 nitrogen and oxygen atoms in total. The van der Waals surface area contributed by atoms with E-state index in [0.29, 0.717) is 56.0 Å². The van der Waals surface area contributed by atoms with E-state index in [-0.39, 0.29) is 24.3 Å². The smallest absolute Gasteiger partial charge is 0.306 e. The van der Waals surface area contributed by atoms with Crippen LogP contribution in [0.4, 0.5) is 11.4 Å². The van der Waals surface area contributed by atoms with Gasteiger partial charge in [-0.25, -0.2) is 10.4 Å². The summed E-state index contributed by atoms with van der Waals surface area (Å²) in [6.45, 7) is 4.06. The van der Waals surface area contributed by atoms with Crippen LogP contribution in [-0.2, 0) is 20.8 Å². The lowest BCUT2D eigenvalue weighted by molar-refractivity contribution is -0.141. The van der Waals surface area contributed by atoms with Crippen LogP contribution < -0.4 is 22.2 Å². The van der Waals surface area contributed by atoms with Gasteiger partial charge in [-0.15, -0.1) is 0 Å². The lowest BCUT2D eigenvalue weighted by atomic mass is 9.96. The second-order valence-corrected chi connectivity index (χ2v) is 7.75. The molecule has 0 aromatic heterocycles. The van der Waals surface area contributed by atoms with Crippen molar-refractivity contribution in [2.75, 3.05) is 18.4 Å². The van der Waals surface area contributed by atoms with Gasteiger partial charge in [-0.2, -0.15) is 0 Å². The van der Waals surface area contributed by atoms with E-state index in [1.807, 2.05) is 6.07 Å². The third kappa shape index (κ3) is 7.65. The molecule has 1 aromatic carbocycles. The standard InChI is InChI=1S/C21H32N6O4/c1-3-20(29)27-9-7-18(23)25-16-5-4-14(11-15(22)10-13(2)21(30)31)12-17(16)26-19(28)6-8-24-27/h4-5,12-13,15,24H,3,6-11,22H2,1-2H3,(H2,23,25)(H,26,28)(H,30,31)/t13?,15-/m1/s1. The summed E-state index contributed by atoms with van der Waals surface area (Å²) in [6.07, 6.45) is 1.71. The van der Waals surface area contributed by atoms with Gasteiger partial charge < -0.3 is 21.9 Å². The molecule has 0 fully saturated rings. The molecule has 2 rings (SSSR count). The van der Waals surface area contributed by atoms with Gasteiger partial charge in [0.1, 0.15) is 5.84 Å². The number of benzene rings is 1. The second-order valence-electron chi connectivity index (χ2n) is 7.75. The summed E-state index contributed by atoms with van der Waals surface area (Å²) in [4.78, 5) is 39.9. The van der Waals surface area contributed by atoms with Crippen molar-refractivity contribution < 1.29 is 19.5 Å². The summed E-state index contributed by atoms with van der Waals surface area (Å²) in [6, 6.07) is 5.06. The number of carboxylic acids is 1. The Kier molecular flexibility index (Phi) is 8.95. The van der Waals surface area contributed by atoms with E-state index in [1.165, 1.54) is 5.01 Å². The zero-order chi connectivity index (χ0) is 23.0. The van der Waals surface area contributed by atoms with Gasteiger partial charge in [0.15, 0.2) is 0 Å². The Hall–Kier alpha value is -2.98. The molecule has 0 saturated heterocycles. The molecule has 0 radical (unpaired) electrons. The van der Waals surface area contributed by atoms with Crippen molar-refractivity contribution in [1.29, 1.82) is 0 Å². The second kappa shape index (κ2) is 11.4. The first-order chi connectivity index (χ1) is 14.7. The van der Waals surface area contributed by atoms with Gasteiger partial charge in [-0.1, -0.05) is 19.9 Å². The minimum Gasteiger partial charge on any atom is -0.481 e. The summed E-state index contributed by atoms with van der Waals surface area (Å²) in [5, 5.41) is 13.4. The van der Waals surface area contributed by atoms with Crippen LogP contribution in [-0.4, -0.2) is 52.9 Å². The summed E-state index contributed by atoms with van der Waals surface area (Å²) >= 11 is 0. The molecule has 0 bridgehead atoms. The van der Waals surface area contributed by atoms with E-state index in [4.69, 9.17) is 16.6 Å². The number of aliphatic imine (C=N–C) groups is 1. The summed E-state index contributed by atoms with van der Waals surface area (Å²) < 4.78 is 0. The highest BCUT2D eigenvalue weighted by Gasteiger charge is 2.18. The number of aliphatic carboxylic acids is 1. The van der Waals surface area contributed by atoms with E-state index >= 15 is 0 Å². The SMILES string of the molecule is CCC(=O)N1CCC(N)=Nc2ccc(C[C@H](N)CC(C)C(=O)O)cc2NC(=O)CCN1. The molecule has 7 N–H and O–H groups in total. The van der Waals surface area contributed by atoms with E-state index in [0.717, 1.165) is 5.56 Å². The third-order valence-electron chi connectivity index (χ3n) is 5.02. The average molecular weight is 433 g/mol. The van der Waals surface area contributed by atoms with Crippen LogP contribution in [0.3, 0.4) is 0 Å². The summed E-state index contributed by atoms with van der Waals surface area (Å²) in [7, 11) is 0. The number of anilines is 1. The maximum Gasteiger partial charge on any atom is 0.306 e. The number of amidine groups is 1. The van der Waals surface area contributed by atoms with Crippen LogP contribution in [0.15, 0.2) is 23.2 Å². The Labute approximate surface area is 182 Å². The van der Waals surface area contributed by atoms with Gasteiger partial charge in [0, 0.05) is 38.4 Å². The number of nitrogens with zero attached hydrogens (tertiary/aromatic N) is 2. The monoisotopic (exact) mass is 432 g/mol. The molecule has 2 atom stereocenters. The van der Waals surface area contributed by atoms with Gasteiger partial charge in [0.25, 0.3) is 0 Å². The lowest BCUT2D eigenvalue weighted by Gasteiger charge is -2.23. The molecule has 1 aromatic rings. The Bertz CT molecular complexity index is 841. The Morgan fingerprint density at radius 2 is 2.06 bits per heavy atom. The first-order valence-corrected chi connectivity index (χ1v) is 10.5. The number of fused-ring (bicyclic) bond motifs is 1. The third-order valence-corrected chi connectivity index (χ3v) is 5.02. The van der Waals surface area contributed by atoms with Crippen LogP contribution in [0.1, 0.15) is 45.1 Å². The molecule has 31 heavy (non-hydrogen) atoms. The number of hydrazine groups is 1. The molecular weight excluding hydrogens is 400 g/mol. The highest BCUT2D eigenvalue weighted by atomic mass is 16.4. The van der Waals surface area contributed by atoms with Crippen molar-refractivity contribution in [2.45, 2.75) is 52.0 Å². The molecule has 10 heteroatoms. The fourth-order valence-corrected chi connectivity index (χ4v) is 3.29. The highest BCUT2D eigenvalue weighted by molar-refractivity contribution is 5.95. The maximum absolute atomic E-state index is 12.4. The van der Waals surface area contributed by atoms with Crippen LogP contribution in [0.5, 0.6) is 0 Å². The minimum absolute atomic E-state index is 0.0798. The number of nitrogens with one attached hydrogen (secondary N) is 2.